The Morgan fingerprint density at radius 2 is 2.23 bits per heavy atom. The number of hydrogen-bond acceptors (Lipinski definition) is 4. The predicted molar refractivity (Wildman–Crippen MR) is 35.4 cm³/mol. The van der Waals surface area contributed by atoms with Crippen LogP contribution in [0.3, 0.4) is 0 Å². The Kier molecular flexibility index (Phi) is 2.22. The van der Waals surface area contributed by atoms with Gasteiger partial charge in [0.25, 0.3) is 5.91 Å². The third kappa shape index (κ3) is 1.76. The van der Waals surface area contributed by atoms with E-state index >= 15 is 0 Å². The number of nitrogens with zero attached hydrogens (tertiary/aromatic N) is 2. The molecule has 1 heterocycles. The van der Waals surface area contributed by atoms with Crippen molar-refractivity contribution in [2.75, 3.05) is 0 Å². The van der Waals surface area contributed by atoms with Crippen molar-refractivity contribution in [3.05, 3.63) is 0 Å². The van der Waals surface area contributed by atoms with Crippen LogP contribution in [-0.2, 0) is 4.79 Å². The molecule has 0 bridgehead atoms. The van der Waals surface area contributed by atoms with E-state index in [4.69, 9.17) is 5.21 Å². The second-order valence-corrected chi connectivity index (χ2v) is 2.21. The van der Waals surface area contributed by atoms with E-state index in [1.807, 2.05) is 0 Å². The molecule has 0 saturated carbocycles. The van der Waals surface area contributed by atoms with Crippen molar-refractivity contribution in [2.24, 2.45) is 16.2 Å². The number of hydrazone groups is 1. The smallest absolute Gasteiger partial charge is 0.411 e. The largest absolute Gasteiger partial charge is 0.432 e. The molecule has 1 amide bonds. The number of carbonyl (C=O) groups excluding carboxylic acids is 1. The SMILES string of the molecule is O=C1NN=C(C(F)(F)F)C1/C=N/O. The lowest BCUT2D eigenvalue weighted by Crippen LogP contribution is -2.33. The molecule has 2 N–H and O–H groups in total. The highest BCUT2D eigenvalue weighted by atomic mass is 19.4. The number of rotatable bonds is 1. The standard InChI is InChI=1S/C5H4F3N3O2/c6-5(7,8)3-2(1-9-13)4(12)11-10-3/h1-2,13H,(H,11,12)/b9-1+. The molecule has 1 unspecified atom stereocenters. The normalized spacial score (nSPS) is 23.5. The first kappa shape index (κ1) is 9.49. The Labute approximate surface area is 69.9 Å². The van der Waals surface area contributed by atoms with E-state index in [9.17, 15) is 18.0 Å². The Hall–Kier alpha value is -1.60. The monoisotopic (exact) mass is 195 g/mol. The van der Waals surface area contributed by atoms with E-state index in [0.717, 1.165) is 0 Å². The van der Waals surface area contributed by atoms with E-state index < -0.39 is 23.7 Å². The molecule has 1 atom stereocenters. The van der Waals surface area contributed by atoms with Crippen LogP contribution in [0.1, 0.15) is 0 Å². The quantitative estimate of drug-likeness (QED) is 0.354. The zero-order valence-electron chi connectivity index (χ0n) is 6.04. The summed E-state index contributed by atoms with van der Waals surface area (Å²) in [5.74, 6) is -2.63. The number of carbonyl (C=O) groups is 1. The van der Waals surface area contributed by atoms with Crippen LogP contribution < -0.4 is 5.43 Å². The fourth-order valence-electron chi connectivity index (χ4n) is 0.823. The van der Waals surface area contributed by atoms with Crippen molar-refractivity contribution < 1.29 is 23.2 Å². The number of amides is 1. The minimum Gasteiger partial charge on any atom is -0.411 e. The lowest BCUT2D eigenvalue weighted by molar-refractivity contribution is -0.121. The molecule has 8 heteroatoms. The van der Waals surface area contributed by atoms with Crippen molar-refractivity contribution in [1.29, 1.82) is 0 Å². The van der Waals surface area contributed by atoms with Crippen LogP contribution in [-0.4, -0.2) is 29.2 Å². The van der Waals surface area contributed by atoms with Gasteiger partial charge in [-0.05, 0) is 0 Å². The van der Waals surface area contributed by atoms with E-state index in [-0.39, 0.29) is 0 Å². The van der Waals surface area contributed by atoms with Crippen molar-refractivity contribution in [1.82, 2.24) is 5.43 Å². The van der Waals surface area contributed by atoms with Crippen LogP contribution in [0.15, 0.2) is 10.3 Å². The number of hydrogen-bond donors (Lipinski definition) is 2. The Balaban J connectivity index is 2.92. The van der Waals surface area contributed by atoms with Crippen LogP contribution in [0.2, 0.25) is 0 Å². The summed E-state index contributed by atoms with van der Waals surface area (Å²) in [6.45, 7) is 0. The number of oxime groups is 1. The summed E-state index contributed by atoms with van der Waals surface area (Å²) in [7, 11) is 0. The van der Waals surface area contributed by atoms with Crippen molar-refractivity contribution in [3.8, 4) is 0 Å². The average molecular weight is 195 g/mol. The molecule has 13 heavy (non-hydrogen) atoms. The molecule has 0 aromatic carbocycles. The maximum absolute atomic E-state index is 12.0. The van der Waals surface area contributed by atoms with Crippen molar-refractivity contribution in [2.45, 2.75) is 6.18 Å². The molecule has 1 rings (SSSR count). The first-order chi connectivity index (χ1) is 5.96. The molecule has 0 aromatic rings. The molecule has 1 aliphatic heterocycles. The van der Waals surface area contributed by atoms with E-state index in [1.54, 1.807) is 5.43 Å². The maximum Gasteiger partial charge on any atom is 0.432 e. The van der Waals surface area contributed by atoms with Gasteiger partial charge in [-0.25, -0.2) is 5.43 Å². The fourth-order valence-corrected chi connectivity index (χ4v) is 0.823. The molecule has 0 aliphatic carbocycles. The lowest BCUT2D eigenvalue weighted by Gasteiger charge is -2.07. The number of nitrogens with one attached hydrogen (secondary N) is 1. The van der Waals surface area contributed by atoms with Gasteiger partial charge in [-0.15, -0.1) is 5.16 Å². The molecule has 0 spiro atoms. The van der Waals surface area contributed by atoms with Gasteiger partial charge in [0, 0.05) is 0 Å². The molecule has 0 fully saturated rings. The summed E-state index contributed by atoms with van der Waals surface area (Å²) in [5, 5.41) is 13.1. The van der Waals surface area contributed by atoms with Crippen LogP contribution in [0.5, 0.6) is 0 Å². The zero-order chi connectivity index (χ0) is 10.1. The summed E-state index contributed by atoms with van der Waals surface area (Å²) >= 11 is 0. The van der Waals surface area contributed by atoms with E-state index in [2.05, 4.69) is 10.3 Å². The Morgan fingerprint density at radius 3 is 2.69 bits per heavy atom. The van der Waals surface area contributed by atoms with E-state index in [1.165, 1.54) is 0 Å². The topological polar surface area (TPSA) is 74.0 Å². The highest BCUT2D eigenvalue weighted by Crippen LogP contribution is 2.24. The molecule has 72 valence electrons. The van der Waals surface area contributed by atoms with Crippen molar-refractivity contribution in [3.63, 3.8) is 0 Å². The van der Waals surface area contributed by atoms with E-state index in [0.29, 0.717) is 6.21 Å². The van der Waals surface area contributed by atoms with Gasteiger partial charge in [0.2, 0.25) is 0 Å². The summed E-state index contributed by atoms with van der Waals surface area (Å²) in [6, 6.07) is 0. The number of alkyl halides is 3. The molecular formula is C5H4F3N3O2. The minimum atomic E-state index is -4.70. The first-order valence-corrected chi connectivity index (χ1v) is 3.09. The fraction of sp³-hybridized carbons (Fsp3) is 0.400. The summed E-state index contributed by atoms with van der Waals surface area (Å²) in [6.07, 6.45) is -4.24. The highest BCUT2D eigenvalue weighted by Gasteiger charge is 2.46. The third-order valence-corrected chi connectivity index (χ3v) is 1.37. The van der Waals surface area contributed by atoms with Gasteiger partial charge in [-0.2, -0.15) is 18.3 Å². The average Bonchev–Trinajstić information content (AvgIpc) is 2.32. The van der Waals surface area contributed by atoms with Gasteiger partial charge >= 0.3 is 6.18 Å². The molecule has 0 saturated heterocycles. The Morgan fingerprint density at radius 1 is 1.62 bits per heavy atom. The van der Waals surface area contributed by atoms with Crippen LogP contribution in [0.25, 0.3) is 0 Å². The summed E-state index contributed by atoms with van der Waals surface area (Å²) < 4.78 is 36.1. The Bertz CT molecular complexity index is 283. The zero-order valence-corrected chi connectivity index (χ0v) is 6.04. The predicted octanol–water partition coefficient (Wildman–Crippen LogP) is 0.111. The van der Waals surface area contributed by atoms with Gasteiger partial charge in [0.05, 0.1) is 6.21 Å². The molecule has 0 radical (unpaired) electrons. The van der Waals surface area contributed by atoms with Crippen molar-refractivity contribution >= 4 is 17.8 Å². The maximum atomic E-state index is 12.0. The minimum absolute atomic E-state index is 0.467. The summed E-state index contributed by atoms with van der Waals surface area (Å²) in [5.41, 5.74) is 0.328. The molecule has 0 aromatic heterocycles. The third-order valence-electron chi connectivity index (χ3n) is 1.37. The van der Waals surface area contributed by atoms with Gasteiger partial charge in [0.1, 0.15) is 5.92 Å². The summed E-state index contributed by atoms with van der Waals surface area (Å²) in [4.78, 5) is 10.7. The van der Waals surface area contributed by atoms with Gasteiger partial charge in [-0.1, -0.05) is 0 Å². The van der Waals surface area contributed by atoms with Crippen LogP contribution in [0, 0.1) is 5.92 Å². The van der Waals surface area contributed by atoms with Gasteiger partial charge in [0.15, 0.2) is 5.71 Å². The molecule has 1 aliphatic rings. The molecule has 5 nitrogen and oxygen atoms in total. The van der Waals surface area contributed by atoms with Crippen LogP contribution in [0.4, 0.5) is 13.2 Å². The van der Waals surface area contributed by atoms with Crippen LogP contribution >= 0.6 is 0 Å². The van der Waals surface area contributed by atoms with Gasteiger partial charge < -0.3 is 5.21 Å². The number of halogens is 3. The first-order valence-electron chi connectivity index (χ1n) is 3.09. The lowest BCUT2D eigenvalue weighted by atomic mass is 10.1. The van der Waals surface area contributed by atoms with Gasteiger partial charge in [-0.3, -0.25) is 4.79 Å². The second-order valence-electron chi connectivity index (χ2n) is 2.21. The second kappa shape index (κ2) is 3.04. The molecular weight excluding hydrogens is 191 g/mol. The highest BCUT2D eigenvalue weighted by molar-refractivity contribution is 6.20.